The van der Waals surface area contributed by atoms with Crippen LogP contribution in [0.2, 0.25) is 0 Å². The number of halogens is 1. The molecule has 1 amide bonds. The fraction of sp³-hybridized carbons (Fsp3) is 0.636. The predicted molar refractivity (Wildman–Crippen MR) is 133 cm³/mol. The predicted octanol–water partition coefficient (Wildman–Crippen LogP) is 1.91. The summed E-state index contributed by atoms with van der Waals surface area (Å²) in [4.78, 5) is 18.6. The zero-order valence-corrected chi connectivity index (χ0v) is 20.9. The van der Waals surface area contributed by atoms with Gasteiger partial charge in [-0.15, -0.1) is 24.0 Å². The number of hydrogen-bond donors (Lipinski definition) is 3. The molecule has 1 atom stereocenters. The van der Waals surface area contributed by atoms with Crippen LogP contribution in [0, 0.1) is 0 Å². The largest absolute Gasteiger partial charge is 0.497 e. The van der Waals surface area contributed by atoms with Gasteiger partial charge in [0.15, 0.2) is 5.96 Å². The Balaban J connectivity index is 0.00000341. The van der Waals surface area contributed by atoms with Crippen molar-refractivity contribution in [2.75, 3.05) is 53.6 Å². The van der Waals surface area contributed by atoms with Gasteiger partial charge in [-0.05, 0) is 37.0 Å². The van der Waals surface area contributed by atoms with Crippen molar-refractivity contribution in [3.05, 3.63) is 29.8 Å². The molecule has 31 heavy (non-hydrogen) atoms. The molecule has 0 aromatic heterocycles. The molecule has 3 rings (SSSR count). The molecule has 1 unspecified atom stereocenters. The molecule has 2 aliphatic rings. The van der Waals surface area contributed by atoms with Crippen LogP contribution in [0.15, 0.2) is 29.3 Å². The minimum atomic E-state index is 0. The third-order valence-corrected chi connectivity index (χ3v) is 5.49. The van der Waals surface area contributed by atoms with Crippen molar-refractivity contribution in [1.29, 1.82) is 0 Å². The number of guanidine groups is 1. The van der Waals surface area contributed by atoms with E-state index in [1.54, 1.807) is 14.2 Å². The van der Waals surface area contributed by atoms with E-state index in [4.69, 9.17) is 9.47 Å². The third-order valence-electron chi connectivity index (χ3n) is 5.49. The minimum Gasteiger partial charge on any atom is -0.497 e. The van der Waals surface area contributed by atoms with Crippen LogP contribution in [0.5, 0.6) is 5.75 Å². The second kappa shape index (κ2) is 13.7. The Hall–Kier alpha value is -1.59. The number of ether oxygens (including phenoxy) is 2. The molecule has 0 bridgehead atoms. The van der Waals surface area contributed by atoms with Crippen LogP contribution in [-0.2, 0) is 9.53 Å². The lowest BCUT2D eigenvalue weighted by molar-refractivity contribution is -0.121. The van der Waals surface area contributed by atoms with Gasteiger partial charge in [0.2, 0.25) is 5.91 Å². The topological polar surface area (TPSA) is 87.2 Å². The van der Waals surface area contributed by atoms with E-state index in [1.807, 2.05) is 12.1 Å². The summed E-state index contributed by atoms with van der Waals surface area (Å²) in [6.45, 7) is 4.75. The van der Waals surface area contributed by atoms with E-state index < -0.39 is 0 Å². The summed E-state index contributed by atoms with van der Waals surface area (Å²) in [5.41, 5.74) is 1.23. The zero-order chi connectivity index (χ0) is 21.2. The molecule has 1 heterocycles. The zero-order valence-electron chi connectivity index (χ0n) is 18.6. The van der Waals surface area contributed by atoms with Crippen LogP contribution in [-0.4, -0.2) is 76.4 Å². The summed E-state index contributed by atoms with van der Waals surface area (Å²) in [6.07, 6.45) is 3.57. The molecule has 0 radical (unpaired) electrons. The SMILES string of the molecule is CN=C(NCCCC(=O)NC1CC1)NCC(c1ccc(OC)cc1)N1CCOCC1.I. The van der Waals surface area contributed by atoms with Crippen molar-refractivity contribution in [2.24, 2.45) is 4.99 Å². The molecule has 1 aliphatic carbocycles. The lowest BCUT2D eigenvalue weighted by Crippen LogP contribution is -2.46. The first-order valence-electron chi connectivity index (χ1n) is 10.9. The second-order valence-corrected chi connectivity index (χ2v) is 7.76. The van der Waals surface area contributed by atoms with Crippen molar-refractivity contribution < 1.29 is 14.3 Å². The highest BCUT2D eigenvalue weighted by molar-refractivity contribution is 14.0. The van der Waals surface area contributed by atoms with Gasteiger partial charge in [-0.3, -0.25) is 14.7 Å². The maximum atomic E-state index is 11.8. The maximum absolute atomic E-state index is 11.8. The van der Waals surface area contributed by atoms with Crippen LogP contribution < -0.4 is 20.7 Å². The Morgan fingerprint density at radius 2 is 1.94 bits per heavy atom. The van der Waals surface area contributed by atoms with Gasteiger partial charge in [-0.2, -0.15) is 0 Å². The van der Waals surface area contributed by atoms with E-state index in [2.05, 4.69) is 38.0 Å². The van der Waals surface area contributed by atoms with E-state index >= 15 is 0 Å². The lowest BCUT2D eigenvalue weighted by atomic mass is 10.0. The Morgan fingerprint density at radius 1 is 1.23 bits per heavy atom. The number of carbonyl (C=O) groups is 1. The number of nitrogens with one attached hydrogen (secondary N) is 3. The minimum absolute atomic E-state index is 0. The molecule has 1 saturated heterocycles. The third kappa shape index (κ3) is 8.82. The summed E-state index contributed by atoms with van der Waals surface area (Å²) in [5, 5.41) is 9.79. The van der Waals surface area contributed by atoms with Gasteiger partial charge in [0.25, 0.3) is 0 Å². The number of hydrogen-bond acceptors (Lipinski definition) is 5. The lowest BCUT2D eigenvalue weighted by Gasteiger charge is -2.35. The van der Waals surface area contributed by atoms with Crippen molar-refractivity contribution in [3.8, 4) is 5.75 Å². The second-order valence-electron chi connectivity index (χ2n) is 7.76. The number of methoxy groups -OCH3 is 1. The van der Waals surface area contributed by atoms with Crippen LogP contribution in [0.1, 0.15) is 37.3 Å². The van der Waals surface area contributed by atoms with Gasteiger partial charge in [0.1, 0.15) is 5.75 Å². The number of nitrogens with zero attached hydrogens (tertiary/aromatic N) is 2. The number of morpholine rings is 1. The van der Waals surface area contributed by atoms with Crippen LogP contribution in [0.3, 0.4) is 0 Å². The van der Waals surface area contributed by atoms with E-state index in [9.17, 15) is 4.79 Å². The van der Waals surface area contributed by atoms with Crippen LogP contribution >= 0.6 is 24.0 Å². The average molecular weight is 545 g/mol. The molecule has 8 nitrogen and oxygen atoms in total. The monoisotopic (exact) mass is 545 g/mol. The summed E-state index contributed by atoms with van der Waals surface area (Å²) in [5.74, 6) is 1.76. The van der Waals surface area contributed by atoms with E-state index in [0.29, 0.717) is 19.0 Å². The molecule has 2 fully saturated rings. The first-order chi connectivity index (χ1) is 14.7. The van der Waals surface area contributed by atoms with Gasteiger partial charge in [-0.25, -0.2) is 0 Å². The normalized spacial score (nSPS) is 17.9. The van der Waals surface area contributed by atoms with Crippen molar-refractivity contribution in [2.45, 2.75) is 37.8 Å². The molecule has 3 N–H and O–H groups in total. The smallest absolute Gasteiger partial charge is 0.220 e. The van der Waals surface area contributed by atoms with E-state index in [1.165, 1.54) is 5.56 Å². The fourth-order valence-electron chi connectivity index (χ4n) is 3.57. The summed E-state index contributed by atoms with van der Waals surface area (Å²) in [6, 6.07) is 8.88. The van der Waals surface area contributed by atoms with Crippen LogP contribution in [0.25, 0.3) is 0 Å². The van der Waals surface area contributed by atoms with Gasteiger partial charge >= 0.3 is 0 Å². The van der Waals surface area contributed by atoms with Crippen molar-refractivity contribution >= 4 is 35.8 Å². The average Bonchev–Trinajstić information content (AvgIpc) is 3.60. The summed E-state index contributed by atoms with van der Waals surface area (Å²) >= 11 is 0. The highest BCUT2D eigenvalue weighted by Crippen LogP contribution is 2.23. The Bertz CT molecular complexity index is 691. The van der Waals surface area contributed by atoms with Crippen molar-refractivity contribution in [1.82, 2.24) is 20.9 Å². The highest BCUT2D eigenvalue weighted by Gasteiger charge is 2.24. The first kappa shape index (κ1) is 25.7. The highest BCUT2D eigenvalue weighted by atomic mass is 127. The maximum Gasteiger partial charge on any atom is 0.220 e. The first-order valence-corrected chi connectivity index (χ1v) is 10.9. The number of amides is 1. The standard InChI is InChI=1S/C22H35N5O3.HI/c1-23-22(24-11-3-4-21(28)26-18-7-8-18)25-16-20(27-12-14-30-15-13-27)17-5-9-19(29-2)10-6-17;/h5-6,9-10,18,20H,3-4,7-8,11-16H2,1-2H3,(H,26,28)(H2,23,24,25);1H. The van der Waals surface area contributed by atoms with Gasteiger partial charge in [0, 0.05) is 45.7 Å². The Morgan fingerprint density at radius 3 is 2.55 bits per heavy atom. The molecule has 9 heteroatoms. The fourth-order valence-corrected chi connectivity index (χ4v) is 3.57. The number of aliphatic imine (C=N–C) groups is 1. The molecule has 1 saturated carbocycles. The number of benzene rings is 1. The van der Waals surface area contributed by atoms with Gasteiger partial charge < -0.3 is 25.4 Å². The molecular formula is C22H36IN5O3. The number of carbonyl (C=O) groups excluding carboxylic acids is 1. The van der Waals surface area contributed by atoms with E-state index in [-0.39, 0.29) is 35.9 Å². The Labute approximate surface area is 202 Å². The molecule has 1 aromatic rings. The molecule has 1 aromatic carbocycles. The Kier molecular flexibility index (Phi) is 11.4. The summed E-state index contributed by atoms with van der Waals surface area (Å²) in [7, 11) is 3.45. The van der Waals surface area contributed by atoms with Crippen LogP contribution in [0.4, 0.5) is 0 Å². The summed E-state index contributed by atoms with van der Waals surface area (Å²) < 4.78 is 10.8. The quantitative estimate of drug-likeness (QED) is 0.180. The van der Waals surface area contributed by atoms with E-state index in [0.717, 1.165) is 63.8 Å². The number of rotatable bonds is 10. The van der Waals surface area contributed by atoms with Gasteiger partial charge in [0.05, 0.1) is 26.4 Å². The molecule has 0 spiro atoms. The molecular weight excluding hydrogens is 509 g/mol. The molecule has 1 aliphatic heterocycles. The molecule has 174 valence electrons. The van der Waals surface area contributed by atoms with Crippen molar-refractivity contribution in [3.63, 3.8) is 0 Å². The van der Waals surface area contributed by atoms with Gasteiger partial charge in [-0.1, -0.05) is 12.1 Å².